The summed E-state index contributed by atoms with van der Waals surface area (Å²) in [5.74, 6) is -0.00287. The number of halogens is 1. The lowest BCUT2D eigenvalue weighted by atomic mass is 10.0. The molecule has 0 radical (unpaired) electrons. The number of thioether (sulfide) groups is 1. The van der Waals surface area contributed by atoms with E-state index in [0.717, 1.165) is 62.3 Å². The molecule has 3 aromatic carbocycles. The number of carbonyl (C=O) groups is 3. The van der Waals surface area contributed by atoms with Crippen molar-refractivity contribution < 1.29 is 19.1 Å². The lowest BCUT2D eigenvalue weighted by Gasteiger charge is -2.27. The summed E-state index contributed by atoms with van der Waals surface area (Å²) in [5.41, 5.74) is 1.74. The number of hydrogen-bond acceptors (Lipinski definition) is 5. The molecule has 184 valence electrons. The van der Waals surface area contributed by atoms with Gasteiger partial charge in [0.2, 0.25) is 5.91 Å². The van der Waals surface area contributed by atoms with Gasteiger partial charge in [0.15, 0.2) is 0 Å². The second kappa shape index (κ2) is 10.9. The van der Waals surface area contributed by atoms with Crippen LogP contribution in [0.5, 0.6) is 5.75 Å². The van der Waals surface area contributed by atoms with E-state index in [1.165, 1.54) is 0 Å². The Morgan fingerprint density at radius 3 is 2.50 bits per heavy atom. The van der Waals surface area contributed by atoms with Crippen LogP contribution < -0.4 is 4.74 Å². The van der Waals surface area contributed by atoms with Gasteiger partial charge in [0, 0.05) is 23.1 Å². The predicted octanol–water partition coefficient (Wildman–Crippen LogP) is 6.23. The number of likely N-dealkylation sites (tertiary alicyclic amines) is 1. The first-order valence-corrected chi connectivity index (χ1v) is 13.5. The van der Waals surface area contributed by atoms with Crippen molar-refractivity contribution in [2.24, 2.45) is 0 Å². The van der Waals surface area contributed by atoms with E-state index in [4.69, 9.17) is 4.74 Å². The molecule has 3 amide bonds. The zero-order valence-corrected chi connectivity index (χ0v) is 22.0. The number of piperidine rings is 1. The van der Waals surface area contributed by atoms with Crippen LogP contribution in [0.1, 0.15) is 30.4 Å². The topological polar surface area (TPSA) is 66.9 Å². The van der Waals surface area contributed by atoms with Crippen LogP contribution in [0.3, 0.4) is 0 Å². The Labute approximate surface area is 222 Å². The maximum atomic E-state index is 13.2. The number of imide groups is 1. The van der Waals surface area contributed by atoms with E-state index in [1.54, 1.807) is 11.0 Å². The summed E-state index contributed by atoms with van der Waals surface area (Å²) >= 11 is 4.31. The largest absolute Gasteiger partial charge is 0.488 e. The molecule has 0 saturated carbocycles. The van der Waals surface area contributed by atoms with Gasteiger partial charge in [-0.3, -0.25) is 19.3 Å². The van der Waals surface area contributed by atoms with E-state index in [2.05, 4.69) is 15.9 Å². The second-order valence-corrected chi connectivity index (χ2v) is 10.7. The summed E-state index contributed by atoms with van der Waals surface area (Å²) in [6.07, 6.45) is 4.73. The van der Waals surface area contributed by atoms with Gasteiger partial charge in [-0.2, -0.15) is 0 Å². The minimum Gasteiger partial charge on any atom is -0.488 e. The molecule has 2 aliphatic rings. The number of benzene rings is 3. The van der Waals surface area contributed by atoms with Crippen molar-refractivity contribution in [1.82, 2.24) is 9.80 Å². The normalized spacial score (nSPS) is 17.3. The molecule has 3 aromatic rings. The number of ether oxygens (including phenoxy) is 1. The lowest BCUT2D eigenvalue weighted by molar-refractivity contribution is -0.136. The molecular weight excluding hydrogens is 540 g/mol. The standard InChI is InChI=1S/C28H25BrN2O4S/c29-21-11-8-19(9-12-21)18-35-24-13-10-20-6-2-3-7-22(20)23(24)16-25-27(33)31(28(34)36-25)17-26(32)30-14-4-1-5-15-30/h2-3,6-13,16H,1,4-5,14-15,17-18H2/b25-16-. The van der Waals surface area contributed by atoms with Gasteiger partial charge in [-0.25, -0.2) is 0 Å². The fourth-order valence-corrected chi connectivity index (χ4v) is 5.52. The molecule has 0 atom stereocenters. The van der Waals surface area contributed by atoms with Crippen molar-refractivity contribution >= 4 is 61.6 Å². The van der Waals surface area contributed by atoms with Crippen LogP contribution in [-0.2, 0) is 16.2 Å². The van der Waals surface area contributed by atoms with E-state index in [1.807, 2.05) is 60.7 Å². The zero-order valence-electron chi connectivity index (χ0n) is 19.6. The molecule has 36 heavy (non-hydrogen) atoms. The number of hydrogen-bond donors (Lipinski definition) is 0. The van der Waals surface area contributed by atoms with Gasteiger partial charge in [0.05, 0.1) is 4.91 Å². The van der Waals surface area contributed by atoms with Crippen molar-refractivity contribution in [1.29, 1.82) is 0 Å². The highest BCUT2D eigenvalue weighted by molar-refractivity contribution is 9.10. The SMILES string of the molecule is O=C(CN1C(=O)S/C(=C\c2c(OCc3ccc(Br)cc3)ccc3ccccc23)C1=O)N1CCCCC1. The minimum atomic E-state index is -0.442. The van der Waals surface area contributed by atoms with Crippen molar-refractivity contribution in [2.45, 2.75) is 25.9 Å². The molecule has 2 aliphatic heterocycles. The third-order valence-electron chi connectivity index (χ3n) is 6.39. The minimum absolute atomic E-state index is 0.179. The fraction of sp³-hybridized carbons (Fsp3) is 0.250. The molecule has 0 aliphatic carbocycles. The highest BCUT2D eigenvalue weighted by Gasteiger charge is 2.37. The Morgan fingerprint density at radius 2 is 1.72 bits per heavy atom. The van der Waals surface area contributed by atoms with E-state index in [-0.39, 0.29) is 17.4 Å². The molecule has 6 nitrogen and oxygen atoms in total. The fourth-order valence-electron chi connectivity index (χ4n) is 4.44. The highest BCUT2D eigenvalue weighted by atomic mass is 79.9. The average molecular weight is 565 g/mol. The zero-order chi connectivity index (χ0) is 25.1. The highest BCUT2D eigenvalue weighted by Crippen LogP contribution is 2.37. The molecule has 2 fully saturated rings. The summed E-state index contributed by atoms with van der Waals surface area (Å²) in [5, 5.41) is 1.50. The maximum Gasteiger partial charge on any atom is 0.294 e. The first-order valence-electron chi connectivity index (χ1n) is 11.9. The van der Waals surface area contributed by atoms with E-state index < -0.39 is 11.1 Å². The summed E-state index contributed by atoms with van der Waals surface area (Å²) < 4.78 is 7.17. The van der Waals surface area contributed by atoms with Crippen molar-refractivity contribution in [3.63, 3.8) is 0 Å². The van der Waals surface area contributed by atoms with Gasteiger partial charge < -0.3 is 9.64 Å². The van der Waals surface area contributed by atoms with E-state index in [0.29, 0.717) is 25.4 Å². The first-order chi connectivity index (χ1) is 17.5. The summed E-state index contributed by atoms with van der Waals surface area (Å²) in [6, 6.07) is 19.6. The number of amides is 3. The third-order valence-corrected chi connectivity index (χ3v) is 7.83. The Hall–Kier alpha value is -3.10. The summed E-state index contributed by atoms with van der Waals surface area (Å²) in [7, 11) is 0. The lowest BCUT2D eigenvalue weighted by Crippen LogP contribution is -2.44. The van der Waals surface area contributed by atoms with Gasteiger partial charge >= 0.3 is 0 Å². The smallest absolute Gasteiger partial charge is 0.294 e. The van der Waals surface area contributed by atoms with Crippen LogP contribution >= 0.6 is 27.7 Å². The molecule has 8 heteroatoms. The third kappa shape index (κ3) is 5.34. The van der Waals surface area contributed by atoms with E-state index in [9.17, 15) is 14.4 Å². The molecule has 5 rings (SSSR count). The van der Waals surface area contributed by atoms with Crippen LogP contribution in [0, 0.1) is 0 Å². The Morgan fingerprint density at radius 1 is 0.972 bits per heavy atom. The molecule has 2 saturated heterocycles. The van der Waals surface area contributed by atoms with Gasteiger partial charge in [0.1, 0.15) is 18.9 Å². The van der Waals surface area contributed by atoms with E-state index >= 15 is 0 Å². The molecule has 0 spiro atoms. The number of carbonyl (C=O) groups excluding carboxylic acids is 3. The quantitative estimate of drug-likeness (QED) is 0.332. The summed E-state index contributed by atoms with van der Waals surface area (Å²) in [4.78, 5) is 41.7. The van der Waals surface area contributed by atoms with Crippen LogP contribution in [0.4, 0.5) is 4.79 Å². The Kier molecular flexibility index (Phi) is 7.43. The number of fused-ring (bicyclic) bond motifs is 1. The number of rotatable bonds is 6. The van der Waals surface area contributed by atoms with Gasteiger partial charge in [-0.15, -0.1) is 0 Å². The summed E-state index contributed by atoms with van der Waals surface area (Å²) in [6.45, 7) is 1.50. The van der Waals surface area contributed by atoms with Crippen molar-refractivity contribution in [3.05, 3.63) is 81.2 Å². The molecular formula is C28H25BrN2O4S. The molecule has 0 bridgehead atoms. The molecule has 2 heterocycles. The first kappa shape index (κ1) is 24.6. The Bertz CT molecular complexity index is 1350. The molecule has 0 aromatic heterocycles. The van der Waals surface area contributed by atoms with Crippen LogP contribution in [0.25, 0.3) is 16.8 Å². The van der Waals surface area contributed by atoms with Gasteiger partial charge in [-0.1, -0.05) is 58.4 Å². The number of nitrogens with zero attached hydrogens (tertiary/aromatic N) is 2. The van der Waals surface area contributed by atoms with Crippen LogP contribution in [0.15, 0.2) is 70.0 Å². The predicted molar refractivity (Wildman–Crippen MR) is 146 cm³/mol. The average Bonchev–Trinajstić information content (AvgIpc) is 3.17. The maximum absolute atomic E-state index is 13.2. The van der Waals surface area contributed by atoms with Crippen molar-refractivity contribution in [2.75, 3.05) is 19.6 Å². The second-order valence-electron chi connectivity index (χ2n) is 8.82. The van der Waals surface area contributed by atoms with Crippen LogP contribution in [-0.4, -0.2) is 46.5 Å². The Balaban J connectivity index is 1.42. The monoisotopic (exact) mass is 564 g/mol. The molecule has 0 N–H and O–H groups in total. The van der Waals surface area contributed by atoms with Gasteiger partial charge in [-0.05, 0) is 71.6 Å². The van der Waals surface area contributed by atoms with Gasteiger partial charge in [0.25, 0.3) is 11.1 Å². The van der Waals surface area contributed by atoms with Crippen molar-refractivity contribution in [3.8, 4) is 5.75 Å². The van der Waals surface area contributed by atoms with Crippen LogP contribution in [0.2, 0.25) is 0 Å². The molecule has 0 unspecified atom stereocenters.